The second-order valence-electron chi connectivity index (χ2n) is 4.81. The van der Waals surface area contributed by atoms with Crippen molar-refractivity contribution in [3.05, 3.63) is 0 Å². The second-order valence-corrected chi connectivity index (χ2v) is 4.81. The summed E-state index contributed by atoms with van der Waals surface area (Å²) in [6, 6.07) is 0. The van der Waals surface area contributed by atoms with Gasteiger partial charge in [0, 0.05) is 27.2 Å². The van der Waals surface area contributed by atoms with Crippen LogP contribution in [-0.4, -0.2) is 54.6 Å². The van der Waals surface area contributed by atoms with Gasteiger partial charge in [-0.1, -0.05) is 13.8 Å². The fraction of sp³-hybridized carbons (Fsp3) is 0.692. The minimum Gasteiger partial charge on any atom is -0.355 e. The first-order chi connectivity index (χ1) is 10.1. The van der Waals surface area contributed by atoms with E-state index in [0.717, 1.165) is 19.4 Å². The predicted octanol–water partition coefficient (Wildman–Crippen LogP) is 0.698. The summed E-state index contributed by atoms with van der Waals surface area (Å²) in [5.74, 6) is 1.36. The Labute approximate surface area is 125 Å². The number of nitrogens with zero attached hydrogens (tertiary/aromatic N) is 4. The third-order valence-corrected chi connectivity index (χ3v) is 2.54. The molecule has 0 aliphatic heterocycles. The van der Waals surface area contributed by atoms with Crippen molar-refractivity contribution in [3.8, 4) is 0 Å². The van der Waals surface area contributed by atoms with Crippen molar-refractivity contribution >= 4 is 23.8 Å². The molecule has 0 aliphatic carbocycles. The molecule has 8 heteroatoms. The van der Waals surface area contributed by atoms with Crippen LogP contribution in [-0.2, 0) is 4.79 Å². The van der Waals surface area contributed by atoms with Crippen molar-refractivity contribution in [1.29, 1.82) is 0 Å². The fourth-order valence-corrected chi connectivity index (χ4v) is 1.45. The van der Waals surface area contributed by atoms with Crippen LogP contribution in [0.3, 0.4) is 0 Å². The Balaban J connectivity index is 2.70. The number of aromatic nitrogens is 3. The van der Waals surface area contributed by atoms with Gasteiger partial charge >= 0.3 is 0 Å². The number of hydrogen-bond acceptors (Lipinski definition) is 7. The minimum absolute atomic E-state index is 0.0771. The number of nitrogens with one attached hydrogen (secondary N) is 3. The van der Waals surface area contributed by atoms with E-state index >= 15 is 0 Å². The van der Waals surface area contributed by atoms with Crippen LogP contribution in [0.25, 0.3) is 0 Å². The summed E-state index contributed by atoms with van der Waals surface area (Å²) in [4.78, 5) is 26.2. The zero-order valence-corrected chi connectivity index (χ0v) is 13.2. The summed E-state index contributed by atoms with van der Waals surface area (Å²) in [7, 11) is 3.72. The minimum atomic E-state index is -0.0771. The van der Waals surface area contributed by atoms with Crippen LogP contribution < -0.4 is 20.9 Å². The van der Waals surface area contributed by atoms with Gasteiger partial charge in [0.05, 0.1) is 6.54 Å². The maximum Gasteiger partial charge on any atom is 0.239 e. The molecule has 0 spiro atoms. The maximum absolute atomic E-state index is 11.6. The smallest absolute Gasteiger partial charge is 0.239 e. The molecule has 1 rings (SSSR count). The molecule has 3 N–H and O–H groups in total. The van der Waals surface area contributed by atoms with Crippen molar-refractivity contribution in [3.63, 3.8) is 0 Å². The van der Waals surface area contributed by atoms with Gasteiger partial charge in [-0.2, -0.15) is 15.0 Å². The summed E-state index contributed by atoms with van der Waals surface area (Å²) in [6.45, 7) is 5.67. The van der Waals surface area contributed by atoms with Gasteiger partial charge in [-0.3, -0.25) is 4.79 Å². The highest BCUT2D eigenvalue weighted by Gasteiger charge is 2.09. The number of carbonyl (C=O) groups excluding carboxylic acids is 1. The molecule has 0 fully saturated rings. The number of hydrogen-bond donors (Lipinski definition) is 3. The zero-order valence-electron chi connectivity index (χ0n) is 13.2. The van der Waals surface area contributed by atoms with Crippen molar-refractivity contribution in [2.75, 3.05) is 49.3 Å². The molecule has 0 saturated carbocycles. The summed E-state index contributed by atoms with van der Waals surface area (Å²) < 4.78 is 0. The van der Waals surface area contributed by atoms with E-state index in [1.165, 1.54) is 0 Å². The molecular weight excluding hydrogens is 270 g/mol. The van der Waals surface area contributed by atoms with E-state index in [0.29, 0.717) is 24.4 Å². The molecule has 21 heavy (non-hydrogen) atoms. The number of rotatable bonds is 9. The number of amides is 1. The number of carbonyl (C=O) groups is 1. The third-order valence-electron chi connectivity index (χ3n) is 2.54. The largest absolute Gasteiger partial charge is 0.355 e. The van der Waals surface area contributed by atoms with Crippen LogP contribution in [0.5, 0.6) is 0 Å². The molecule has 1 aromatic rings. The Bertz CT molecular complexity index is 450. The Morgan fingerprint density at radius 2 is 1.62 bits per heavy atom. The summed E-state index contributed by atoms with van der Waals surface area (Å²) >= 11 is 0. The van der Waals surface area contributed by atoms with E-state index in [-0.39, 0.29) is 12.5 Å². The van der Waals surface area contributed by atoms with Crippen LogP contribution in [0.15, 0.2) is 0 Å². The average molecular weight is 295 g/mol. The van der Waals surface area contributed by atoms with Crippen LogP contribution in [0, 0.1) is 0 Å². The molecule has 118 valence electrons. The molecule has 0 aromatic carbocycles. The van der Waals surface area contributed by atoms with Gasteiger partial charge in [0.2, 0.25) is 23.8 Å². The molecule has 0 unspecified atom stereocenters. The van der Waals surface area contributed by atoms with E-state index < -0.39 is 0 Å². The molecule has 0 radical (unpaired) electrons. The Morgan fingerprint density at radius 1 is 1.00 bits per heavy atom. The second kappa shape index (κ2) is 8.93. The molecule has 8 nitrogen and oxygen atoms in total. The third kappa shape index (κ3) is 6.24. The maximum atomic E-state index is 11.6. The van der Waals surface area contributed by atoms with Gasteiger partial charge in [-0.05, 0) is 12.8 Å². The molecule has 1 amide bonds. The van der Waals surface area contributed by atoms with Crippen molar-refractivity contribution in [2.24, 2.45) is 0 Å². The lowest BCUT2D eigenvalue weighted by Crippen LogP contribution is -2.31. The van der Waals surface area contributed by atoms with Crippen molar-refractivity contribution in [2.45, 2.75) is 26.7 Å². The average Bonchev–Trinajstić information content (AvgIpc) is 2.48. The first kappa shape index (κ1) is 16.9. The van der Waals surface area contributed by atoms with Gasteiger partial charge in [0.1, 0.15) is 0 Å². The summed E-state index contributed by atoms with van der Waals surface area (Å²) in [5, 5.41) is 8.84. The highest BCUT2D eigenvalue weighted by Crippen LogP contribution is 2.11. The van der Waals surface area contributed by atoms with Gasteiger partial charge in [0.15, 0.2) is 0 Å². The molecule has 1 aromatic heterocycles. The fourth-order valence-electron chi connectivity index (χ4n) is 1.45. The standard InChI is InChI=1S/C13H25N7O/c1-5-7-14-10(21)9-16-12-17-11(15-8-6-2)18-13(19-12)20(3)4/h5-9H2,1-4H3,(H,14,21)(H2,15,16,17,18,19). The Hall–Kier alpha value is -2.12. The van der Waals surface area contributed by atoms with E-state index in [4.69, 9.17) is 0 Å². The van der Waals surface area contributed by atoms with Gasteiger partial charge in [-0.25, -0.2) is 0 Å². The zero-order chi connectivity index (χ0) is 15.7. The van der Waals surface area contributed by atoms with Crippen molar-refractivity contribution in [1.82, 2.24) is 20.3 Å². The Kier molecular flexibility index (Phi) is 7.20. The first-order valence-electron chi connectivity index (χ1n) is 7.24. The van der Waals surface area contributed by atoms with Crippen LogP contribution >= 0.6 is 0 Å². The van der Waals surface area contributed by atoms with Crippen LogP contribution in [0.4, 0.5) is 17.8 Å². The van der Waals surface area contributed by atoms with Gasteiger partial charge < -0.3 is 20.9 Å². The lowest BCUT2D eigenvalue weighted by molar-refractivity contribution is -0.119. The molecule has 0 saturated heterocycles. The summed E-state index contributed by atoms with van der Waals surface area (Å²) in [6.07, 6.45) is 1.89. The monoisotopic (exact) mass is 295 g/mol. The van der Waals surface area contributed by atoms with Crippen LogP contribution in [0.1, 0.15) is 26.7 Å². The van der Waals surface area contributed by atoms with Gasteiger partial charge in [0.25, 0.3) is 0 Å². The lowest BCUT2D eigenvalue weighted by atomic mass is 10.4. The van der Waals surface area contributed by atoms with Crippen LogP contribution in [0.2, 0.25) is 0 Å². The van der Waals surface area contributed by atoms with Gasteiger partial charge in [-0.15, -0.1) is 0 Å². The quantitative estimate of drug-likeness (QED) is 0.617. The highest BCUT2D eigenvalue weighted by molar-refractivity contribution is 5.80. The topological polar surface area (TPSA) is 95.1 Å². The molecule has 0 atom stereocenters. The van der Waals surface area contributed by atoms with E-state index in [1.807, 2.05) is 21.0 Å². The summed E-state index contributed by atoms with van der Waals surface area (Å²) in [5.41, 5.74) is 0. The molecule has 0 aliphatic rings. The van der Waals surface area contributed by atoms with E-state index in [2.05, 4.69) is 37.8 Å². The van der Waals surface area contributed by atoms with E-state index in [1.54, 1.807) is 4.90 Å². The Morgan fingerprint density at radius 3 is 2.19 bits per heavy atom. The SMILES string of the molecule is CCCNC(=O)CNc1nc(NCCC)nc(N(C)C)n1. The lowest BCUT2D eigenvalue weighted by Gasteiger charge is -2.14. The first-order valence-corrected chi connectivity index (χ1v) is 7.24. The predicted molar refractivity (Wildman–Crippen MR) is 84.7 cm³/mol. The normalized spacial score (nSPS) is 10.1. The number of anilines is 3. The van der Waals surface area contributed by atoms with E-state index in [9.17, 15) is 4.79 Å². The molecular formula is C13H25N7O. The molecule has 1 heterocycles. The molecule has 0 bridgehead atoms. The van der Waals surface area contributed by atoms with Crippen molar-refractivity contribution < 1.29 is 4.79 Å². The highest BCUT2D eigenvalue weighted by atomic mass is 16.1.